The van der Waals surface area contributed by atoms with E-state index in [9.17, 15) is 5.11 Å². The molecule has 1 aromatic rings. The summed E-state index contributed by atoms with van der Waals surface area (Å²) >= 11 is 1.66. The van der Waals surface area contributed by atoms with Gasteiger partial charge in [0, 0.05) is 23.7 Å². The van der Waals surface area contributed by atoms with Crippen LogP contribution in [-0.4, -0.2) is 22.2 Å². The first kappa shape index (κ1) is 10.1. The van der Waals surface area contributed by atoms with Gasteiger partial charge >= 0.3 is 0 Å². The van der Waals surface area contributed by atoms with Gasteiger partial charge in [-0.05, 0) is 12.8 Å². The quantitative estimate of drug-likeness (QED) is 0.795. The summed E-state index contributed by atoms with van der Waals surface area (Å²) in [7, 11) is 0. The zero-order valence-corrected chi connectivity index (χ0v) is 9.02. The van der Waals surface area contributed by atoms with Crippen LogP contribution in [0.5, 0.6) is 0 Å². The Morgan fingerprint density at radius 2 is 2.29 bits per heavy atom. The number of aliphatic hydroxyl groups is 1. The monoisotopic (exact) mass is 212 g/mol. The van der Waals surface area contributed by atoms with Gasteiger partial charge in [0.1, 0.15) is 5.01 Å². The molecule has 1 heterocycles. The van der Waals surface area contributed by atoms with Gasteiger partial charge in [-0.3, -0.25) is 0 Å². The van der Waals surface area contributed by atoms with Crippen molar-refractivity contribution >= 4 is 11.3 Å². The van der Waals surface area contributed by atoms with Crippen LogP contribution in [0, 0.1) is 0 Å². The van der Waals surface area contributed by atoms with Crippen LogP contribution >= 0.6 is 11.3 Å². The second-order valence-electron chi connectivity index (χ2n) is 3.92. The van der Waals surface area contributed by atoms with Gasteiger partial charge in [-0.15, -0.1) is 11.3 Å². The van der Waals surface area contributed by atoms with Gasteiger partial charge < -0.3 is 10.4 Å². The summed E-state index contributed by atoms with van der Waals surface area (Å²) in [5, 5.41) is 15.9. The molecule has 0 saturated heterocycles. The fourth-order valence-corrected chi connectivity index (χ4v) is 2.60. The second-order valence-corrected chi connectivity index (χ2v) is 4.90. The summed E-state index contributed by atoms with van der Waals surface area (Å²) in [6.45, 7) is 1.04. The van der Waals surface area contributed by atoms with E-state index < -0.39 is 0 Å². The third kappa shape index (κ3) is 2.13. The Kier molecular flexibility index (Phi) is 3.15. The minimum Gasteiger partial charge on any atom is -0.394 e. The highest BCUT2D eigenvalue weighted by Crippen LogP contribution is 2.29. The summed E-state index contributed by atoms with van der Waals surface area (Å²) in [6.07, 6.45) is 6.46. The van der Waals surface area contributed by atoms with E-state index in [-0.39, 0.29) is 12.1 Å². The minimum absolute atomic E-state index is 0.0222. The summed E-state index contributed by atoms with van der Waals surface area (Å²) in [5.74, 6) is 0. The van der Waals surface area contributed by atoms with Crippen LogP contribution in [-0.2, 0) is 6.54 Å². The van der Waals surface area contributed by atoms with E-state index in [2.05, 4.69) is 10.3 Å². The van der Waals surface area contributed by atoms with E-state index in [0.717, 1.165) is 24.4 Å². The molecular weight excluding hydrogens is 196 g/mol. The van der Waals surface area contributed by atoms with Crippen molar-refractivity contribution in [2.45, 2.75) is 37.8 Å². The lowest BCUT2D eigenvalue weighted by Gasteiger charge is -2.27. The van der Waals surface area contributed by atoms with E-state index >= 15 is 0 Å². The topological polar surface area (TPSA) is 45.1 Å². The molecule has 3 nitrogen and oxygen atoms in total. The number of nitrogens with one attached hydrogen (secondary N) is 1. The van der Waals surface area contributed by atoms with E-state index in [1.807, 2.05) is 11.6 Å². The van der Waals surface area contributed by atoms with Crippen molar-refractivity contribution in [1.82, 2.24) is 10.3 Å². The van der Waals surface area contributed by atoms with Crippen molar-refractivity contribution in [2.75, 3.05) is 6.61 Å². The molecule has 2 rings (SSSR count). The van der Waals surface area contributed by atoms with Crippen LogP contribution in [0.3, 0.4) is 0 Å². The lowest BCUT2D eigenvalue weighted by atomic mass is 9.99. The van der Waals surface area contributed by atoms with Crippen LogP contribution < -0.4 is 5.32 Å². The SMILES string of the molecule is OCC1(NCc2nccs2)CCCC1. The van der Waals surface area contributed by atoms with E-state index in [1.165, 1.54) is 12.8 Å². The van der Waals surface area contributed by atoms with Gasteiger partial charge in [-0.25, -0.2) is 4.98 Å². The van der Waals surface area contributed by atoms with Gasteiger partial charge in [0.15, 0.2) is 0 Å². The Bertz CT molecular complexity index is 268. The second kappa shape index (κ2) is 4.38. The number of hydrogen-bond acceptors (Lipinski definition) is 4. The first-order chi connectivity index (χ1) is 6.85. The van der Waals surface area contributed by atoms with Crippen molar-refractivity contribution in [1.29, 1.82) is 0 Å². The Morgan fingerprint density at radius 1 is 1.50 bits per heavy atom. The summed E-state index contributed by atoms with van der Waals surface area (Å²) in [4.78, 5) is 4.22. The summed E-state index contributed by atoms with van der Waals surface area (Å²) in [6, 6.07) is 0. The zero-order valence-electron chi connectivity index (χ0n) is 8.20. The van der Waals surface area contributed by atoms with Gasteiger partial charge in [0.05, 0.1) is 6.61 Å². The summed E-state index contributed by atoms with van der Waals surface area (Å²) < 4.78 is 0. The Labute approximate surface area is 88.2 Å². The lowest BCUT2D eigenvalue weighted by molar-refractivity contribution is 0.163. The predicted octanol–water partition coefficient (Wildman–Crippen LogP) is 1.54. The number of thiazole rings is 1. The van der Waals surface area contributed by atoms with Crippen LogP contribution in [0.15, 0.2) is 11.6 Å². The molecule has 78 valence electrons. The summed E-state index contributed by atoms with van der Waals surface area (Å²) in [5.41, 5.74) is -0.0222. The van der Waals surface area contributed by atoms with Crippen molar-refractivity contribution in [3.8, 4) is 0 Å². The van der Waals surface area contributed by atoms with Crippen molar-refractivity contribution in [2.24, 2.45) is 0 Å². The average molecular weight is 212 g/mol. The van der Waals surface area contributed by atoms with Gasteiger partial charge in [0.2, 0.25) is 0 Å². The molecule has 0 aliphatic heterocycles. The highest BCUT2D eigenvalue weighted by Gasteiger charge is 2.32. The molecule has 1 fully saturated rings. The van der Waals surface area contributed by atoms with Crippen molar-refractivity contribution in [3.05, 3.63) is 16.6 Å². The van der Waals surface area contributed by atoms with Crippen LogP contribution in [0.1, 0.15) is 30.7 Å². The zero-order chi connectivity index (χ0) is 9.86. The van der Waals surface area contributed by atoms with Crippen LogP contribution in [0.25, 0.3) is 0 Å². The standard InChI is InChI=1S/C10H16N2OS/c13-8-10(3-1-2-4-10)12-7-9-11-5-6-14-9/h5-6,12-13H,1-4,7-8H2. The maximum Gasteiger partial charge on any atom is 0.106 e. The Hall–Kier alpha value is -0.450. The largest absolute Gasteiger partial charge is 0.394 e. The van der Waals surface area contributed by atoms with Gasteiger partial charge in [-0.2, -0.15) is 0 Å². The number of rotatable bonds is 4. The van der Waals surface area contributed by atoms with Gasteiger partial charge in [0.25, 0.3) is 0 Å². The van der Waals surface area contributed by atoms with Gasteiger partial charge in [-0.1, -0.05) is 12.8 Å². The molecule has 14 heavy (non-hydrogen) atoms. The first-order valence-electron chi connectivity index (χ1n) is 5.09. The molecule has 0 unspecified atom stereocenters. The predicted molar refractivity (Wildman–Crippen MR) is 57.2 cm³/mol. The average Bonchev–Trinajstić information content (AvgIpc) is 2.87. The number of hydrogen-bond donors (Lipinski definition) is 2. The molecule has 0 radical (unpaired) electrons. The number of nitrogens with zero attached hydrogens (tertiary/aromatic N) is 1. The molecule has 0 amide bonds. The Balaban J connectivity index is 1.89. The minimum atomic E-state index is -0.0222. The van der Waals surface area contributed by atoms with E-state index in [1.54, 1.807) is 11.3 Å². The van der Waals surface area contributed by atoms with E-state index in [4.69, 9.17) is 0 Å². The lowest BCUT2D eigenvalue weighted by Crippen LogP contribution is -2.45. The normalized spacial score (nSPS) is 20.1. The smallest absolute Gasteiger partial charge is 0.106 e. The maximum atomic E-state index is 9.37. The van der Waals surface area contributed by atoms with Crippen molar-refractivity contribution < 1.29 is 5.11 Å². The van der Waals surface area contributed by atoms with E-state index in [0.29, 0.717) is 0 Å². The molecule has 1 saturated carbocycles. The molecule has 4 heteroatoms. The molecular formula is C10H16N2OS. The molecule has 1 aliphatic rings. The fourth-order valence-electron chi connectivity index (χ4n) is 2.05. The Morgan fingerprint density at radius 3 is 2.86 bits per heavy atom. The first-order valence-corrected chi connectivity index (χ1v) is 5.97. The third-order valence-electron chi connectivity index (χ3n) is 2.96. The van der Waals surface area contributed by atoms with Crippen LogP contribution in [0.2, 0.25) is 0 Å². The number of aromatic nitrogens is 1. The van der Waals surface area contributed by atoms with Crippen LogP contribution in [0.4, 0.5) is 0 Å². The highest BCUT2D eigenvalue weighted by molar-refractivity contribution is 7.09. The number of aliphatic hydroxyl groups excluding tert-OH is 1. The van der Waals surface area contributed by atoms with Crippen molar-refractivity contribution in [3.63, 3.8) is 0 Å². The maximum absolute atomic E-state index is 9.37. The molecule has 0 aromatic carbocycles. The third-order valence-corrected chi connectivity index (χ3v) is 3.74. The molecule has 0 bridgehead atoms. The molecule has 1 aromatic heterocycles. The molecule has 0 atom stereocenters. The molecule has 0 spiro atoms. The molecule has 1 aliphatic carbocycles. The highest BCUT2D eigenvalue weighted by atomic mass is 32.1. The fraction of sp³-hybridized carbons (Fsp3) is 0.700. The molecule has 2 N–H and O–H groups in total.